The Balaban J connectivity index is 1.71. The van der Waals surface area contributed by atoms with E-state index in [2.05, 4.69) is 9.71 Å². The van der Waals surface area contributed by atoms with Crippen LogP contribution in [0.15, 0.2) is 77.8 Å². The van der Waals surface area contributed by atoms with Crippen LogP contribution in [0.4, 0.5) is 10.1 Å². The summed E-state index contributed by atoms with van der Waals surface area (Å²) in [4.78, 5) is 18.2. The summed E-state index contributed by atoms with van der Waals surface area (Å²) >= 11 is 0. The van der Waals surface area contributed by atoms with Gasteiger partial charge in [0.2, 0.25) is 0 Å². The Hall–Kier alpha value is -3.26. The van der Waals surface area contributed by atoms with Gasteiger partial charge in [-0.1, -0.05) is 6.07 Å². The topological polar surface area (TPSA) is 79.4 Å². The van der Waals surface area contributed by atoms with Gasteiger partial charge in [-0.2, -0.15) is 0 Å². The Bertz CT molecular complexity index is 1050. The number of hydrogen-bond donors (Lipinski definition) is 1. The average Bonchev–Trinajstić information content (AvgIpc) is 2.70. The van der Waals surface area contributed by atoms with Crippen LogP contribution in [0.1, 0.15) is 16.1 Å². The van der Waals surface area contributed by atoms with E-state index in [-0.39, 0.29) is 16.5 Å². The summed E-state index contributed by atoms with van der Waals surface area (Å²) in [7, 11) is -2.19. The molecule has 0 spiro atoms. The molecule has 0 atom stereocenters. The third-order valence-corrected chi connectivity index (χ3v) is 5.38. The molecule has 0 unspecified atom stereocenters. The normalized spacial score (nSPS) is 11.1. The number of carbonyl (C=O) groups excluding carboxylic acids is 1. The lowest BCUT2D eigenvalue weighted by atomic mass is 10.2. The zero-order valence-corrected chi connectivity index (χ0v) is 15.9. The van der Waals surface area contributed by atoms with Crippen molar-refractivity contribution in [1.82, 2.24) is 9.88 Å². The lowest BCUT2D eigenvalue weighted by Crippen LogP contribution is -2.26. The minimum atomic E-state index is -3.84. The fourth-order valence-corrected chi connectivity index (χ4v) is 3.59. The zero-order chi connectivity index (χ0) is 20.1. The molecule has 3 aromatic rings. The quantitative estimate of drug-likeness (QED) is 0.690. The van der Waals surface area contributed by atoms with E-state index in [0.717, 1.165) is 17.8 Å². The first-order chi connectivity index (χ1) is 13.3. The molecule has 2 aromatic carbocycles. The molecule has 0 saturated heterocycles. The summed E-state index contributed by atoms with van der Waals surface area (Å²) in [5.41, 5.74) is 1.36. The predicted octanol–water partition coefficient (Wildman–Crippen LogP) is 3.29. The van der Waals surface area contributed by atoms with E-state index in [9.17, 15) is 17.6 Å². The molecule has 0 bridgehead atoms. The molecule has 0 aliphatic heterocycles. The number of amides is 1. The van der Waals surface area contributed by atoms with Crippen molar-refractivity contribution in [3.63, 3.8) is 0 Å². The van der Waals surface area contributed by atoms with E-state index >= 15 is 0 Å². The van der Waals surface area contributed by atoms with Crippen LogP contribution in [-0.4, -0.2) is 31.3 Å². The first-order valence-corrected chi connectivity index (χ1v) is 9.87. The summed E-state index contributed by atoms with van der Waals surface area (Å²) in [6.07, 6.45) is 1.65. The molecule has 0 saturated carbocycles. The predicted molar refractivity (Wildman–Crippen MR) is 104 cm³/mol. The van der Waals surface area contributed by atoms with Gasteiger partial charge in [0.15, 0.2) is 0 Å². The van der Waals surface area contributed by atoms with Gasteiger partial charge >= 0.3 is 0 Å². The van der Waals surface area contributed by atoms with Crippen molar-refractivity contribution in [2.45, 2.75) is 11.4 Å². The molecule has 0 aliphatic rings. The van der Waals surface area contributed by atoms with Crippen molar-refractivity contribution in [1.29, 1.82) is 0 Å². The Morgan fingerprint density at radius 1 is 1.04 bits per heavy atom. The lowest BCUT2D eigenvalue weighted by Gasteiger charge is -2.17. The highest BCUT2D eigenvalue weighted by molar-refractivity contribution is 7.92. The Morgan fingerprint density at radius 3 is 2.32 bits per heavy atom. The van der Waals surface area contributed by atoms with E-state index in [1.807, 2.05) is 12.1 Å². The lowest BCUT2D eigenvalue weighted by molar-refractivity contribution is 0.0783. The maximum Gasteiger partial charge on any atom is 0.261 e. The van der Waals surface area contributed by atoms with E-state index in [1.54, 1.807) is 19.3 Å². The van der Waals surface area contributed by atoms with Gasteiger partial charge in [-0.25, -0.2) is 12.8 Å². The van der Waals surface area contributed by atoms with Crippen molar-refractivity contribution >= 4 is 21.6 Å². The van der Waals surface area contributed by atoms with Crippen molar-refractivity contribution in [3.8, 4) is 0 Å². The molecule has 3 rings (SSSR count). The molecular formula is C20H18FN3O3S. The Morgan fingerprint density at radius 2 is 1.71 bits per heavy atom. The van der Waals surface area contributed by atoms with E-state index in [1.165, 1.54) is 41.3 Å². The zero-order valence-electron chi connectivity index (χ0n) is 15.0. The van der Waals surface area contributed by atoms with Crippen LogP contribution in [0.2, 0.25) is 0 Å². The van der Waals surface area contributed by atoms with E-state index in [0.29, 0.717) is 12.1 Å². The summed E-state index contributed by atoms with van der Waals surface area (Å²) in [6, 6.07) is 16.1. The van der Waals surface area contributed by atoms with Gasteiger partial charge in [0.25, 0.3) is 15.9 Å². The molecular weight excluding hydrogens is 381 g/mol. The fourth-order valence-electron chi connectivity index (χ4n) is 2.54. The molecule has 8 heteroatoms. The monoisotopic (exact) mass is 399 g/mol. The van der Waals surface area contributed by atoms with Crippen LogP contribution < -0.4 is 4.72 Å². The minimum absolute atomic E-state index is 0.000698. The number of nitrogens with zero attached hydrogens (tertiary/aromatic N) is 2. The SMILES string of the molecule is CN(Cc1ccccn1)C(=O)c1ccc(S(=O)(=O)Nc2ccc(F)cc2)cc1. The van der Waals surface area contributed by atoms with Crippen molar-refractivity contribution in [2.24, 2.45) is 0 Å². The summed E-state index contributed by atoms with van der Waals surface area (Å²) in [6.45, 7) is 0.339. The molecule has 1 amide bonds. The van der Waals surface area contributed by atoms with Gasteiger partial charge in [0, 0.05) is 24.5 Å². The van der Waals surface area contributed by atoms with Crippen LogP contribution in [0, 0.1) is 5.82 Å². The number of nitrogens with one attached hydrogen (secondary N) is 1. The second-order valence-electron chi connectivity index (χ2n) is 6.12. The smallest absolute Gasteiger partial charge is 0.261 e. The number of pyridine rings is 1. The second kappa shape index (κ2) is 8.18. The number of hydrogen-bond acceptors (Lipinski definition) is 4. The third kappa shape index (κ3) is 4.72. The third-order valence-electron chi connectivity index (χ3n) is 3.98. The van der Waals surface area contributed by atoms with Gasteiger partial charge in [-0.05, 0) is 60.7 Å². The van der Waals surface area contributed by atoms with E-state index in [4.69, 9.17) is 0 Å². The van der Waals surface area contributed by atoms with Crippen LogP contribution in [0.5, 0.6) is 0 Å². The second-order valence-corrected chi connectivity index (χ2v) is 7.80. The van der Waals surface area contributed by atoms with Gasteiger partial charge in [0.05, 0.1) is 17.1 Å². The number of carbonyl (C=O) groups is 1. The molecule has 0 aliphatic carbocycles. The largest absolute Gasteiger partial charge is 0.336 e. The molecule has 1 heterocycles. The standard InChI is InChI=1S/C20H18FN3O3S/c1-24(14-18-4-2-3-13-22-18)20(25)15-5-11-19(12-6-15)28(26,27)23-17-9-7-16(21)8-10-17/h2-13,23H,14H2,1H3. The average molecular weight is 399 g/mol. The number of halogens is 1. The van der Waals surface area contributed by atoms with Gasteiger partial charge < -0.3 is 4.90 Å². The summed E-state index contributed by atoms with van der Waals surface area (Å²) in [5, 5.41) is 0. The van der Waals surface area contributed by atoms with Crippen molar-refractivity contribution in [2.75, 3.05) is 11.8 Å². The first kappa shape index (κ1) is 19.5. The summed E-state index contributed by atoms with van der Waals surface area (Å²) in [5.74, 6) is -0.707. The minimum Gasteiger partial charge on any atom is -0.336 e. The first-order valence-electron chi connectivity index (χ1n) is 8.39. The van der Waals surface area contributed by atoms with Gasteiger partial charge in [-0.3, -0.25) is 14.5 Å². The number of aromatic nitrogens is 1. The molecule has 0 radical (unpaired) electrons. The molecule has 1 N–H and O–H groups in total. The van der Waals surface area contributed by atoms with Crippen LogP contribution in [0.3, 0.4) is 0 Å². The molecule has 144 valence electrons. The highest BCUT2D eigenvalue weighted by atomic mass is 32.2. The Kier molecular flexibility index (Phi) is 5.70. The maximum atomic E-state index is 12.9. The van der Waals surface area contributed by atoms with Crippen molar-refractivity contribution in [3.05, 3.63) is 90.0 Å². The van der Waals surface area contributed by atoms with E-state index < -0.39 is 15.8 Å². The van der Waals surface area contributed by atoms with Crippen LogP contribution in [-0.2, 0) is 16.6 Å². The number of sulfonamides is 1. The highest BCUT2D eigenvalue weighted by Gasteiger charge is 2.17. The molecule has 1 aromatic heterocycles. The summed E-state index contributed by atoms with van der Waals surface area (Å²) < 4.78 is 40.2. The van der Waals surface area contributed by atoms with Crippen LogP contribution in [0.25, 0.3) is 0 Å². The Labute approximate surface area is 162 Å². The van der Waals surface area contributed by atoms with Crippen LogP contribution >= 0.6 is 0 Å². The van der Waals surface area contributed by atoms with Crippen molar-refractivity contribution < 1.29 is 17.6 Å². The van der Waals surface area contributed by atoms with Gasteiger partial charge in [0.1, 0.15) is 5.82 Å². The number of anilines is 1. The number of benzene rings is 2. The molecule has 0 fully saturated rings. The number of rotatable bonds is 6. The maximum absolute atomic E-state index is 12.9. The molecule has 6 nitrogen and oxygen atoms in total. The molecule has 28 heavy (non-hydrogen) atoms. The fraction of sp³-hybridized carbons (Fsp3) is 0.100. The highest BCUT2D eigenvalue weighted by Crippen LogP contribution is 2.18. The van der Waals surface area contributed by atoms with Gasteiger partial charge in [-0.15, -0.1) is 0 Å².